The molecule has 40 heavy (non-hydrogen) atoms. The second-order valence-electron chi connectivity index (χ2n) is 10.0. The van der Waals surface area contributed by atoms with Crippen LogP contribution >= 0.6 is 11.3 Å². The molecule has 2 aliphatic rings. The number of thiophene rings is 1. The van der Waals surface area contributed by atoms with E-state index >= 15 is 0 Å². The summed E-state index contributed by atoms with van der Waals surface area (Å²) in [6, 6.07) is 3.63. The number of esters is 1. The number of aromatic nitrogens is 2. The summed E-state index contributed by atoms with van der Waals surface area (Å²) >= 11 is 1.27. The fourth-order valence-corrected chi connectivity index (χ4v) is 6.31. The zero-order valence-electron chi connectivity index (χ0n) is 21.6. The maximum atomic E-state index is 14.1. The number of carbonyl (C=O) groups is 2. The number of hydrogen-bond acceptors (Lipinski definition) is 8. The SMILES string of the molecule is CC(C)OC(=O)c1c(NC(=O)c2cc3n(n2)[C@@H](C(F)(F)F)C[C@H](c2ccc([N+](=O)[O-])cc2)N3)sc2c1CCCC2. The largest absolute Gasteiger partial charge is 0.459 e. The highest BCUT2D eigenvalue weighted by molar-refractivity contribution is 7.17. The number of fused-ring (bicyclic) bond motifs is 2. The Morgan fingerprint density at radius 3 is 2.58 bits per heavy atom. The molecule has 14 heteroatoms. The summed E-state index contributed by atoms with van der Waals surface area (Å²) in [5.74, 6) is -1.33. The number of anilines is 2. The molecule has 212 valence electrons. The predicted octanol–water partition coefficient (Wildman–Crippen LogP) is 6.21. The van der Waals surface area contributed by atoms with Crippen LogP contribution in [-0.4, -0.2) is 38.9 Å². The molecule has 10 nitrogen and oxygen atoms in total. The number of rotatable bonds is 6. The minimum absolute atomic E-state index is 0.0213. The molecule has 1 aromatic carbocycles. The van der Waals surface area contributed by atoms with Gasteiger partial charge in [-0.05, 0) is 50.7 Å². The zero-order chi connectivity index (χ0) is 28.8. The van der Waals surface area contributed by atoms with Crippen LogP contribution in [-0.2, 0) is 17.6 Å². The normalized spacial score (nSPS) is 18.4. The van der Waals surface area contributed by atoms with Gasteiger partial charge in [0.2, 0.25) is 0 Å². The van der Waals surface area contributed by atoms with E-state index in [2.05, 4.69) is 15.7 Å². The van der Waals surface area contributed by atoms with Crippen LogP contribution in [0.1, 0.15) is 82.0 Å². The van der Waals surface area contributed by atoms with E-state index in [1.807, 2.05) is 0 Å². The van der Waals surface area contributed by atoms with Crippen LogP contribution in [0, 0.1) is 10.1 Å². The zero-order valence-corrected chi connectivity index (χ0v) is 22.4. The highest BCUT2D eigenvalue weighted by Gasteiger charge is 2.47. The van der Waals surface area contributed by atoms with Crippen molar-refractivity contribution in [1.82, 2.24) is 9.78 Å². The van der Waals surface area contributed by atoms with Crippen LogP contribution in [0.15, 0.2) is 30.3 Å². The number of ether oxygens (including phenoxy) is 1. The van der Waals surface area contributed by atoms with Crippen LogP contribution in [0.2, 0.25) is 0 Å². The van der Waals surface area contributed by atoms with E-state index in [1.165, 1.54) is 41.7 Å². The van der Waals surface area contributed by atoms with Gasteiger partial charge in [-0.2, -0.15) is 18.3 Å². The first-order valence-corrected chi connectivity index (χ1v) is 13.6. The number of non-ortho nitro benzene ring substituents is 1. The van der Waals surface area contributed by atoms with Crippen molar-refractivity contribution in [1.29, 1.82) is 0 Å². The quantitative estimate of drug-likeness (QED) is 0.203. The van der Waals surface area contributed by atoms with Gasteiger partial charge in [0.25, 0.3) is 11.6 Å². The Balaban J connectivity index is 1.44. The molecule has 2 N–H and O–H groups in total. The number of aryl methyl sites for hydroxylation is 1. The van der Waals surface area contributed by atoms with Gasteiger partial charge in [0, 0.05) is 29.5 Å². The van der Waals surface area contributed by atoms with E-state index in [-0.39, 0.29) is 33.9 Å². The number of nitro groups is 1. The predicted molar refractivity (Wildman–Crippen MR) is 141 cm³/mol. The molecular formula is C26H26F3N5O5S. The fourth-order valence-electron chi connectivity index (χ4n) is 5.04. The highest BCUT2D eigenvalue weighted by atomic mass is 32.1. The first-order chi connectivity index (χ1) is 18.9. The Hall–Kier alpha value is -3.94. The van der Waals surface area contributed by atoms with Crippen molar-refractivity contribution < 1.29 is 32.4 Å². The lowest BCUT2D eigenvalue weighted by Crippen LogP contribution is -2.35. The Bertz CT molecular complexity index is 1460. The molecule has 0 unspecified atom stereocenters. The summed E-state index contributed by atoms with van der Waals surface area (Å²) in [6.45, 7) is 3.44. The molecule has 3 aromatic rings. The molecule has 1 amide bonds. The third-order valence-corrected chi connectivity index (χ3v) is 8.08. The third-order valence-electron chi connectivity index (χ3n) is 6.87. The van der Waals surface area contributed by atoms with Crippen molar-refractivity contribution in [3.8, 4) is 0 Å². The molecule has 0 bridgehead atoms. The number of halogens is 3. The summed E-state index contributed by atoms with van der Waals surface area (Å²) < 4.78 is 48.4. The molecule has 2 atom stereocenters. The molecule has 1 aliphatic carbocycles. The number of alkyl halides is 3. The fraction of sp³-hybridized carbons (Fsp3) is 0.423. The highest BCUT2D eigenvalue weighted by Crippen LogP contribution is 2.44. The molecule has 0 saturated heterocycles. The second kappa shape index (κ2) is 10.6. The molecule has 0 spiro atoms. The Morgan fingerprint density at radius 1 is 1.23 bits per heavy atom. The maximum Gasteiger partial charge on any atom is 0.410 e. The molecule has 3 heterocycles. The molecule has 5 rings (SSSR count). The molecule has 1 aliphatic heterocycles. The van der Waals surface area contributed by atoms with Gasteiger partial charge in [-0.1, -0.05) is 12.1 Å². The molecule has 2 aromatic heterocycles. The molecular weight excluding hydrogens is 551 g/mol. The van der Waals surface area contributed by atoms with Gasteiger partial charge >= 0.3 is 12.1 Å². The number of benzene rings is 1. The van der Waals surface area contributed by atoms with Crippen molar-refractivity contribution in [2.45, 2.75) is 70.3 Å². The number of carbonyl (C=O) groups excluding carboxylic acids is 2. The standard InChI is InChI=1S/C26H26F3N5O5S/c1-13(2)39-25(36)22-16-5-3-4-6-19(16)40-24(22)31-23(35)18-12-21-30-17(11-20(26(27,28)29)33(21)32-18)14-7-9-15(10-8-14)34(37)38/h7-10,12-13,17,20,30H,3-6,11H2,1-2H3,(H,31,35)/t17-,20-/m1/s1. The van der Waals surface area contributed by atoms with Crippen LogP contribution in [0.25, 0.3) is 0 Å². The number of nitro benzene ring substituents is 1. The number of amides is 1. The minimum Gasteiger partial charge on any atom is -0.459 e. The summed E-state index contributed by atoms with van der Waals surface area (Å²) in [4.78, 5) is 37.5. The summed E-state index contributed by atoms with van der Waals surface area (Å²) in [7, 11) is 0. The van der Waals surface area contributed by atoms with Crippen molar-refractivity contribution in [2.24, 2.45) is 0 Å². The summed E-state index contributed by atoms with van der Waals surface area (Å²) in [6.07, 6.45) is -2.19. The first-order valence-electron chi connectivity index (χ1n) is 12.8. The van der Waals surface area contributed by atoms with E-state index < -0.39 is 41.5 Å². The Kier molecular flexibility index (Phi) is 7.29. The topological polar surface area (TPSA) is 128 Å². The van der Waals surface area contributed by atoms with Gasteiger partial charge in [-0.15, -0.1) is 11.3 Å². The van der Waals surface area contributed by atoms with Gasteiger partial charge in [0.1, 0.15) is 10.8 Å². The van der Waals surface area contributed by atoms with Crippen LogP contribution < -0.4 is 10.6 Å². The van der Waals surface area contributed by atoms with E-state index in [0.717, 1.165) is 34.4 Å². The van der Waals surface area contributed by atoms with Gasteiger partial charge in [-0.3, -0.25) is 14.9 Å². The van der Waals surface area contributed by atoms with Gasteiger partial charge in [0.15, 0.2) is 11.7 Å². The number of nitrogens with one attached hydrogen (secondary N) is 2. The molecule has 0 radical (unpaired) electrons. The lowest BCUT2D eigenvalue weighted by molar-refractivity contribution is -0.384. The lowest BCUT2D eigenvalue weighted by atomic mass is 9.95. The van der Waals surface area contributed by atoms with E-state index in [4.69, 9.17) is 4.74 Å². The van der Waals surface area contributed by atoms with Crippen LogP contribution in [0.4, 0.5) is 29.7 Å². The minimum atomic E-state index is -4.67. The van der Waals surface area contributed by atoms with Crippen LogP contribution in [0.5, 0.6) is 0 Å². The monoisotopic (exact) mass is 577 g/mol. The number of hydrogen-bond donors (Lipinski definition) is 2. The van der Waals surface area contributed by atoms with Crippen molar-refractivity contribution >= 4 is 39.7 Å². The average Bonchev–Trinajstić information content (AvgIpc) is 3.48. The van der Waals surface area contributed by atoms with Gasteiger partial charge < -0.3 is 15.4 Å². The third kappa shape index (κ3) is 5.40. The molecule has 0 fully saturated rings. The maximum absolute atomic E-state index is 14.1. The first kappa shape index (κ1) is 27.6. The summed E-state index contributed by atoms with van der Waals surface area (Å²) in [5, 5.41) is 20.9. The second-order valence-corrected chi connectivity index (χ2v) is 11.1. The Morgan fingerprint density at radius 2 is 1.93 bits per heavy atom. The van der Waals surface area contributed by atoms with Gasteiger partial charge in [-0.25, -0.2) is 9.48 Å². The van der Waals surface area contributed by atoms with Gasteiger partial charge in [0.05, 0.1) is 22.6 Å². The lowest BCUT2D eigenvalue weighted by Gasteiger charge is -2.33. The number of nitrogens with zero attached hydrogens (tertiary/aromatic N) is 3. The average molecular weight is 578 g/mol. The van der Waals surface area contributed by atoms with E-state index in [0.29, 0.717) is 12.0 Å². The smallest absolute Gasteiger partial charge is 0.410 e. The van der Waals surface area contributed by atoms with Crippen molar-refractivity contribution in [3.63, 3.8) is 0 Å². The molecule has 0 saturated carbocycles. The van der Waals surface area contributed by atoms with E-state index in [9.17, 15) is 32.9 Å². The Labute approximate surface area is 230 Å². The van der Waals surface area contributed by atoms with Crippen LogP contribution in [0.3, 0.4) is 0 Å². The van der Waals surface area contributed by atoms with Crippen molar-refractivity contribution in [3.05, 3.63) is 67.7 Å². The van der Waals surface area contributed by atoms with Crippen molar-refractivity contribution in [2.75, 3.05) is 10.6 Å². The summed E-state index contributed by atoms with van der Waals surface area (Å²) in [5.41, 5.74) is 1.12. The van der Waals surface area contributed by atoms with E-state index in [1.54, 1.807) is 13.8 Å².